The highest BCUT2D eigenvalue weighted by Crippen LogP contribution is 2.26. The molecule has 4 heteroatoms. The molecule has 3 nitrogen and oxygen atoms in total. The minimum Gasteiger partial charge on any atom is -0.464 e. The SMILES string of the molecule is c1cc2c(ccc3nnsc32)o1. The van der Waals surface area contributed by atoms with Gasteiger partial charge < -0.3 is 4.42 Å². The van der Waals surface area contributed by atoms with Crippen molar-refractivity contribution in [2.45, 2.75) is 0 Å². The zero-order chi connectivity index (χ0) is 7.97. The van der Waals surface area contributed by atoms with Crippen LogP contribution in [0.1, 0.15) is 0 Å². The van der Waals surface area contributed by atoms with Crippen LogP contribution in [0.15, 0.2) is 28.9 Å². The number of hydrogen-bond donors (Lipinski definition) is 0. The molecule has 0 fully saturated rings. The van der Waals surface area contributed by atoms with E-state index < -0.39 is 0 Å². The lowest BCUT2D eigenvalue weighted by Crippen LogP contribution is -1.67. The normalized spacial score (nSPS) is 11.3. The fourth-order valence-electron chi connectivity index (χ4n) is 1.29. The minimum atomic E-state index is 0.897. The standard InChI is InChI=1S/C8H4N2OS/c1-2-7-5(3-4-11-7)8-6(1)9-10-12-8/h1-4H. The van der Waals surface area contributed by atoms with Gasteiger partial charge in [-0.2, -0.15) is 0 Å². The van der Waals surface area contributed by atoms with Gasteiger partial charge in [-0.3, -0.25) is 0 Å². The van der Waals surface area contributed by atoms with E-state index in [1.54, 1.807) is 6.26 Å². The number of fused-ring (bicyclic) bond motifs is 3. The molecule has 0 aliphatic carbocycles. The van der Waals surface area contributed by atoms with E-state index in [0.29, 0.717) is 0 Å². The van der Waals surface area contributed by atoms with Crippen molar-refractivity contribution < 1.29 is 4.42 Å². The monoisotopic (exact) mass is 176 g/mol. The predicted octanol–water partition coefficient (Wildman–Crippen LogP) is 2.44. The van der Waals surface area contributed by atoms with Crippen LogP contribution in [0.2, 0.25) is 0 Å². The van der Waals surface area contributed by atoms with E-state index in [0.717, 1.165) is 21.2 Å². The molecule has 0 amide bonds. The smallest absolute Gasteiger partial charge is 0.135 e. The van der Waals surface area contributed by atoms with Crippen molar-refractivity contribution in [3.63, 3.8) is 0 Å². The first-order chi connectivity index (χ1) is 5.95. The summed E-state index contributed by atoms with van der Waals surface area (Å²) in [4.78, 5) is 0. The number of nitrogens with zero attached hydrogens (tertiary/aromatic N) is 2. The Hall–Kier alpha value is -1.42. The molecule has 2 aromatic heterocycles. The van der Waals surface area contributed by atoms with Crippen LogP contribution in [0.25, 0.3) is 21.2 Å². The highest BCUT2D eigenvalue weighted by atomic mass is 32.1. The van der Waals surface area contributed by atoms with Crippen LogP contribution in [0.4, 0.5) is 0 Å². The summed E-state index contributed by atoms with van der Waals surface area (Å²) in [5, 5.41) is 5.07. The topological polar surface area (TPSA) is 38.9 Å². The van der Waals surface area contributed by atoms with Gasteiger partial charge in [-0.25, -0.2) is 0 Å². The van der Waals surface area contributed by atoms with Crippen LogP contribution in [-0.4, -0.2) is 9.59 Å². The van der Waals surface area contributed by atoms with Crippen LogP contribution < -0.4 is 0 Å². The second-order valence-electron chi connectivity index (χ2n) is 2.52. The first kappa shape index (κ1) is 6.14. The first-order valence-corrected chi connectivity index (χ1v) is 4.31. The summed E-state index contributed by atoms with van der Waals surface area (Å²) in [5.74, 6) is 0. The van der Waals surface area contributed by atoms with E-state index in [-0.39, 0.29) is 0 Å². The molecule has 3 aromatic rings. The Morgan fingerprint density at radius 1 is 1.25 bits per heavy atom. The van der Waals surface area contributed by atoms with E-state index in [1.165, 1.54) is 11.5 Å². The fourth-order valence-corrected chi connectivity index (χ4v) is 1.97. The molecule has 1 aromatic carbocycles. The summed E-state index contributed by atoms with van der Waals surface area (Å²) in [6.07, 6.45) is 1.68. The molecule has 0 N–H and O–H groups in total. The zero-order valence-corrected chi connectivity index (χ0v) is 6.84. The molecule has 0 saturated heterocycles. The third-order valence-corrected chi connectivity index (χ3v) is 2.62. The average Bonchev–Trinajstić information content (AvgIpc) is 2.71. The second-order valence-corrected chi connectivity index (χ2v) is 3.27. The Bertz CT molecular complexity index is 490. The van der Waals surface area contributed by atoms with Gasteiger partial charge in [0.25, 0.3) is 0 Å². The quantitative estimate of drug-likeness (QED) is 0.528. The van der Waals surface area contributed by atoms with Gasteiger partial charge in [0.15, 0.2) is 0 Å². The summed E-state index contributed by atoms with van der Waals surface area (Å²) in [6.45, 7) is 0. The van der Waals surface area contributed by atoms with Crippen molar-refractivity contribution >= 4 is 32.7 Å². The maximum atomic E-state index is 5.25. The molecule has 0 aliphatic rings. The van der Waals surface area contributed by atoms with Crippen molar-refractivity contribution in [2.75, 3.05) is 0 Å². The van der Waals surface area contributed by atoms with E-state index in [9.17, 15) is 0 Å². The number of furan rings is 1. The lowest BCUT2D eigenvalue weighted by Gasteiger charge is -1.86. The maximum Gasteiger partial charge on any atom is 0.135 e. The number of rotatable bonds is 0. The Labute approximate surface area is 71.8 Å². The molecule has 0 radical (unpaired) electrons. The van der Waals surface area contributed by atoms with Crippen molar-refractivity contribution in [3.8, 4) is 0 Å². The Morgan fingerprint density at radius 2 is 2.25 bits per heavy atom. The van der Waals surface area contributed by atoms with Crippen LogP contribution in [0.3, 0.4) is 0 Å². The molecule has 58 valence electrons. The van der Waals surface area contributed by atoms with Crippen LogP contribution in [0.5, 0.6) is 0 Å². The van der Waals surface area contributed by atoms with Gasteiger partial charge in [0.05, 0.1) is 11.0 Å². The van der Waals surface area contributed by atoms with Gasteiger partial charge in [0.2, 0.25) is 0 Å². The molecule has 0 atom stereocenters. The fraction of sp³-hybridized carbons (Fsp3) is 0. The number of aromatic nitrogens is 2. The van der Waals surface area contributed by atoms with Gasteiger partial charge in [0.1, 0.15) is 11.1 Å². The summed E-state index contributed by atoms with van der Waals surface area (Å²) in [6, 6.07) is 5.78. The van der Waals surface area contributed by atoms with Gasteiger partial charge in [0, 0.05) is 5.39 Å². The molecular weight excluding hydrogens is 172 g/mol. The van der Waals surface area contributed by atoms with E-state index in [1.807, 2.05) is 18.2 Å². The Morgan fingerprint density at radius 3 is 3.25 bits per heavy atom. The van der Waals surface area contributed by atoms with Gasteiger partial charge in [-0.15, -0.1) is 5.10 Å². The summed E-state index contributed by atoms with van der Waals surface area (Å²) in [7, 11) is 0. The molecular formula is C8H4N2OS. The molecule has 12 heavy (non-hydrogen) atoms. The van der Waals surface area contributed by atoms with Crippen molar-refractivity contribution in [3.05, 3.63) is 24.5 Å². The average molecular weight is 176 g/mol. The lowest BCUT2D eigenvalue weighted by molar-refractivity contribution is 0.616. The minimum absolute atomic E-state index is 0.897. The third kappa shape index (κ3) is 0.648. The third-order valence-electron chi connectivity index (χ3n) is 1.85. The molecule has 0 spiro atoms. The molecule has 0 saturated carbocycles. The highest BCUT2D eigenvalue weighted by Gasteiger charge is 2.04. The second kappa shape index (κ2) is 2.04. The zero-order valence-electron chi connectivity index (χ0n) is 6.02. The molecule has 0 aliphatic heterocycles. The van der Waals surface area contributed by atoms with E-state index >= 15 is 0 Å². The highest BCUT2D eigenvalue weighted by molar-refractivity contribution is 7.14. The van der Waals surface area contributed by atoms with E-state index in [2.05, 4.69) is 9.59 Å². The maximum absolute atomic E-state index is 5.25. The van der Waals surface area contributed by atoms with Gasteiger partial charge in [-0.1, -0.05) is 4.49 Å². The molecule has 2 heterocycles. The van der Waals surface area contributed by atoms with Crippen molar-refractivity contribution in [2.24, 2.45) is 0 Å². The Balaban J connectivity index is 2.71. The predicted molar refractivity (Wildman–Crippen MR) is 47.2 cm³/mol. The Kier molecular flexibility index (Phi) is 1.04. The molecule has 0 bridgehead atoms. The van der Waals surface area contributed by atoms with E-state index in [4.69, 9.17) is 4.42 Å². The van der Waals surface area contributed by atoms with Gasteiger partial charge in [-0.05, 0) is 29.7 Å². The van der Waals surface area contributed by atoms with Crippen molar-refractivity contribution in [1.82, 2.24) is 9.59 Å². The van der Waals surface area contributed by atoms with Crippen LogP contribution in [-0.2, 0) is 0 Å². The number of benzene rings is 1. The summed E-state index contributed by atoms with van der Waals surface area (Å²) >= 11 is 1.40. The largest absolute Gasteiger partial charge is 0.464 e. The van der Waals surface area contributed by atoms with Gasteiger partial charge >= 0.3 is 0 Å². The van der Waals surface area contributed by atoms with Crippen LogP contribution in [0, 0.1) is 0 Å². The molecule has 0 unspecified atom stereocenters. The summed E-state index contributed by atoms with van der Waals surface area (Å²) < 4.78 is 10.2. The van der Waals surface area contributed by atoms with Crippen LogP contribution >= 0.6 is 11.5 Å². The first-order valence-electron chi connectivity index (χ1n) is 3.53. The molecule has 3 rings (SSSR count). The lowest BCUT2D eigenvalue weighted by atomic mass is 10.2. The number of hydrogen-bond acceptors (Lipinski definition) is 4. The summed E-state index contributed by atoms with van der Waals surface area (Å²) in [5.41, 5.74) is 1.84. The van der Waals surface area contributed by atoms with Crippen molar-refractivity contribution in [1.29, 1.82) is 0 Å².